The zero-order chi connectivity index (χ0) is 26.5. The standard InChI is InChI=1S/C30H32N4O4/c1-21-18-26(33-14-16-36-17-15-33)7-6-24(21)19-31-32-30(35)29-13-12-28(38-29)20-37-27-10-8-25(9-11-27)34-22(2)4-5-23(34)3/h4-13,18-19H,14-17,20H2,1-3H3,(H,32,35)/b31-19+. The predicted molar refractivity (Wildman–Crippen MR) is 148 cm³/mol. The van der Waals surface area contributed by atoms with Crippen molar-refractivity contribution in [3.8, 4) is 11.4 Å². The summed E-state index contributed by atoms with van der Waals surface area (Å²) in [6.07, 6.45) is 1.64. The van der Waals surface area contributed by atoms with Gasteiger partial charge >= 0.3 is 5.91 Å². The summed E-state index contributed by atoms with van der Waals surface area (Å²) >= 11 is 0. The van der Waals surface area contributed by atoms with Gasteiger partial charge in [0.25, 0.3) is 0 Å². The lowest BCUT2D eigenvalue weighted by atomic mass is 10.1. The lowest BCUT2D eigenvalue weighted by Gasteiger charge is -2.29. The Morgan fingerprint density at radius 3 is 2.37 bits per heavy atom. The van der Waals surface area contributed by atoms with Crippen molar-refractivity contribution in [2.24, 2.45) is 5.10 Å². The molecular formula is C30H32N4O4. The number of benzene rings is 2. The largest absolute Gasteiger partial charge is 0.486 e. The molecule has 2 aromatic heterocycles. The number of morpholine rings is 1. The number of nitrogens with one attached hydrogen (secondary N) is 1. The van der Waals surface area contributed by atoms with Crippen LogP contribution in [0, 0.1) is 20.8 Å². The molecule has 38 heavy (non-hydrogen) atoms. The zero-order valence-electron chi connectivity index (χ0n) is 21.9. The highest BCUT2D eigenvalue weighted by atomic mass is 16.5. The van der Waals surface area contributed by atoms with Crippen LogP contribution >= 0.6 is 0 Å². The number of amides is 1. The Labute approximate surface area is 222 Å². The van der Waals surface area contributed by atoms with Crippen LogP contribution in [0.2, 0.25) is 0 Å². The lowest BCUT2D eigenvalue weighted by Crippen LogP contribution is -2.36. The second-order valence-corrected chi connectivity index (χ2v) is 9.34. The van der Waals surface area contributed by atoms with E-state index in [2.05, 4.69) is 58.1 Å². The Hall–Kier alpha value is -4.30. The van der Waals surface area contributed by atoms with Gasteiger partial charge in [-0.3, -0.25) is 4.79 Å². The molecule has 1 amide bonds. The molecule has 0 spiro atoms. The fourth-order valence-electron chi connectivity index (χ4n) is 4.54. The third kappa shape index (κ3) is 5.81. The molecule has 0 saturated carbocycles. The maximum atomic E-state index is 12.5. The molecule has 1 saturated heterocycles. The molecular weight excluding hydrogens is 480 g/mol. The SMILES string of the molecule is Cc1cc(N2CCOCC2)ccc1/C=N/NC(=O)c1ccc(COc2ccc(-n3c(C)ccc3C)cc2)o1. The van der Waals surface area contributed by atoms with E-state index in [0.717, 1.165) is 48.9 Å². The van der Waals surface area contributed by atoms with Crippen molar-refractivity contribution in [2.45, 2.75) is 27.4 Å². The van der Waals surface area contributed by atoms with E-state index in [1.807, 2.05) is 37.3 Å². The van der Waals surface area contributed by atoms with E-state index >= 15 is 0 Å². The van der Waals surface area contributed by atoms with Gasteiger partial charge in [0.1, 0.15) is 18.1 Å². The lowest BCUT2D eigenvalue weighted by molar-refractivity contribution is 0.0923. The first-order chi connectivity index (χ1) is 18.5. The second kappa shape index (κ2) is 11.4. The number of furan rings is 1. The third-order valence-corrected chi connectivity index (χ3v) is 6.63. The average Bonchev–Trinajstić information content (AvgIpc) is 3.55. The van der Waals surface area contributed by atoms with Gasteiger partial charge in [0, 0.05) is 35.9 Å². The maximum Gasteiger partial charge on any atom is 0.307 e. The number of carbonyl (C=O) groups is 1. The number of hydrogen-bond donors (Lipinski definition) is 1. The topological polar surface area (TPSA) is 81.2 Å². The van der Waals surface area contributed by atoms with Crippen molar-refractivity contribution in [3.63, 3.8) is 0 Å². The predicted octanol–water partition coefficient (Wildman–Crippen LogP) is 5.18. The molecule has 8 nitrogen and oxygen atoms in total. The van der Waals surface area contributed by atoms with E-state index in [1.54, 1.807) is 18.3 Å². The smallest absolute Gasteiger partial charge is 0.307 e. The van der Waals surface area contributed by atoms with Crippen molar-refractivity contribution in [3.05, 3.63) is 101 Å². The number of anilines is 1. The molecule has 0 atom stereocenters. The van der Waals surface area contributed by atoms with E-state index in [0.29, 0.717) is 5.76 Å². The molecule has 0 radical (unpaired) electrons. The summed E-state index contributed by atoms with van der Waals surface area (Å²) in [5.74, 6) is 1.03. The summed E-state index contributed by atoms with van der Waals surface area (Å²) < 4.78 is 19.1. The van der Waals surface area contributed by atoms with E-state index in [-0.39, 0.29) is 12.4 Å². The normalized spacial score (nSPS) is 13.7. The number of hydrazone groups is 1. The first kappa shape index (κ1) is 25.4. The molecule has 1 aliphatic heterocycles. The number of aryl methyl sites for hydroxylation is 3. The highest BCUT2D eigenvalue weighted by molar-refractivity contribution is 5.92. The molecule has 0 unspecified atom stereocenters. The summed E-state index contributed by atoms with van der Waals surface area (Å²) in [6, 6.07) is 21.6. The van der Waals surface area contributed by atoms with Gasteiger partial charge in [-0.2, -0.15) is 5.10 Å². The van der Waals surface area contributed by atoms with Gasteiger partial charge in [0.15, 0.2) is 5.76 Å². The Bertz CT molecular complexity index is 1410. The van der Waals surface area contributed by atoms with Crippen LogP contribution in [0.25, 0.3) is 5.69 Å². The minimum atomic E-state index is -0.420. The summed E-state index contributed by atoms with van der Waals surface area (Å²) in [4.78, 5) is 14.8. The summed E-state index contributed by atoms with van der Waals surface area (Å²) in [6.45, 7) is 9.68. The van der Waals surface area contributed by atoms with Crippen molar-refractivity contribution in [1.82, 2.24) is 9.99 Å². The van der Waals surface area contributed by atoms with Crippen LogP contribution in [-0.2, 0) is 11.3 Å². The molecule has 5 rings (SSSR count). The monoisotopic (exact) mass is 512 g/mol. The number of carbonyl (C=O) groups excluding carboxylic acids is 1. The van der Waals surface area contributed by atoms with Crippen molar-refractivity contribution in [2.75, 3.05) is 31.2 Å². The van der Waals surface area contributed by atoms with Gasteiger partial charge in [-0.15, -0.1) is 0 Å². The van der Waals surface area contributed by atoms with Gasteiger partial charge < -0.3 is 23.4 Å². The van der Waals surface area contributed by atoms with Crippen LogP contribution in [0.1, 0.15) is 38.8 Å². The highest BCUT2D eigenvalue weighted by Crippen LogP contribution is 2.21. The highest BCUT2D eigenvalue weighted by Gasteiger charge is 2.13. The van der Waals surface area contributed by atoms with Gasteiger partial charge in [0.2, 0.25) is 0 Å². The third-order valence-electron chi connectivity index (χ3n) is 6.63. The van der Waals surface area contributed by atoms with Crippen molar-refractivity contribution in [1.29, 1.82) is 0 Å². The summed E-state index contributed by atoms with van der Waals surface area (Å²) in [5.41, 5.74) is 9.16. The molecule has 1 fully saturated rings. The molecule has 3 heterocycles. The second-order valence-electron chi connectivity index (χ2n) is 9.34. The molecule has 1 aliphatic rings. The van der Waals surface area contributed by atoms with Crippen molar-refractivity contribution < 1.29 is 18.7 Å². The first-order valence-electron chi connectivity index (χ1n) is 12.7. The van der Waals surface area contributed by atoms with E-state index < -0.39 is 5.91 Å². The van der Waals surface area contributed by atoms with E-state index in [4.69, 9.17) is 13.9 Å². The molecule has 2 aromatic carbocycles. The molecule has 4 aromatic rings. The van der Waals surface area contributed by atoms with Crippen LogP contribution in [0.15, 0.2) is 76.2 Å². The number of nitrogens with zero attached hydrogens (tertiary/aromatic N) is 3. The number of hydrogen-bond acceptors (Lipinski definition) is 6. The van der Waals surface area contributed by atoms with Crippen LogP contribution in [0.3, 0.4) is 0 Å². The van der Waals surface area contributed by atoms with E-state index in [9.17, 15) is 4.79 Å². The number of aromatic nitrogens is 1. The van der Waals surface area contributed by atoms with E-state index in [1.165, 1.54) is 17.1 Å². The molecule has 8 heteroatoms. The summed E-state index contributed by atoms with van der Waals surface area (Å²) in [5, 5.41) is 4.11. The van der Waals surface area contributed by atoms with Crippen LogP contribution < -0.4 is 15.1 Å². The molecule has 1 N–H and O–H groups in total. The van der Waals surface area contributed by atoms with Gasteiger partial charge in [0.05, 0.1) is 19.4 Å². The average molecular weight is 513 g/mol. The Morgan fingerprint density at radius 1 is 0.947 bits per heavy atom. The summed E-state index contributed by atoms with van der Waals surface area (Å²) in [7, 11) is 0. The first-order valence-corrected chi connectivity index (χ1v) is 12.7. The quantitative estimate of drug-likeness (QED) is 0.260. The maximum absolute atomic E-state index is 12.5. The van der Waals surface area contributed by atoms with Gasteiger partial charge in [-0.1, -0.05) is 6.07 Å². The minimum Gasteiger partial charge on any atom is -0.486 e. The van der Waals surface area contributed by atoms with Gasteiger partial charge in [-0.05, 0) is 92.6 Å². The fourth-order valence-corrected chi connectivity index (χ4v) is 4.54. The minimum absolute atomic E-state index is 0.175. The van der Waals surface area contributed by atoms with Gasteiger partial charge in [-0.25, -0.2) is 5.43 Å². The van der Waals surface area contributed by atoms with Crippen LogP contribution in [0.5, 0.6) is 5.75 Å². The van der Waals surface area contributed by atoms with Crippen LogP contribution in [0.4, 0.5) is 5.69 Å². The number of rotatable bonds is 8. The Morgan fingerprint density at radius 2 is 1.66 bits per heavy atom. The van der Waals surface area contributed by atoms with Crippen molar-refractivity contribution >= 4 is 17.8 Å². The molecule has 0 bridgehead atoms. The molecule has 0 aliphatic carbocycles. The zero-order valence-corrected chi connectivity index (χ0v) is 21.9. The molecule has 196 valence electrons. The number of ether oxygens (including phenoxy) is 2. The Balaban J connectivity index is 1.13. The Kier molecular flexibility index (Phi) is 7.60. The fraction of sp³-hybridized carbons (Fsp3) is 0.267. The van der Waals surface area contributed by atoms with Crippen LogP contribution in [-0.4, -0.2) is 43.0 Å².